The third kappa shape index (κ3) is 6.22. The van der Waals surface area contributed by atoms with Crippen LogP contribution in [0.4, 0.5) is 0 Å². The molecule has 0 fully saturated rings. The summed E-state index contributed by atoms with van der Waals surface area (Å²) in [5.74, 6) is 0.0290. The summed E-state index contributed by atoms with van der Waals surface area (Å²) in [5.41, 5.74) is -0.997. The highest BCUT2D eigenvalue weighted by atomic mass is 16.1. The van der Waals surface area contributed by atoms with E-state index >= 15 is 0 Å². The van der Waals surface area contributed by atoms with Gasteiger partial charge in [0.05, 0.1) is 0 Å². The van der Waals surface area contributed by atoms with E-state index in [1.807, 2.05) is 27.7 Å². The highest BCUT2D eigenvalue weighted by molar-refractivity contribution is 5.86. The number of carbonyl (C=O) groups excluding carboxylic acids is 4. The van der Waals surface area contributed by atoms with Gasteiger partial charge in [0.2, 0.25) is 0 Å². The smallest absolute Gasteiger partial charge is 0.133 e. The highest BCUT2D eigenvalue weighted by Crippen LogP contribution is 2.40. The Kier molecular flexibility index (Phi) is 7.54. The van der Waals surface area contributed by atoms with E-state index in [9.17, 15) is 19.2 Å². The first-order valence-corrected chi connectivity index (χ1v) is 7.09. The first-order valence-electron chi connectivity index (χ1n) is 7.09. The fourth-order valence-corrected chi connectivity index (χ4v) is 1.76. The molecule has 0 heterocycles. The lowest BCUT2D eigenvalue weighted by atomic mass is 9.66. The Labute approximate surface area is 121 Å². The number of carbonyl (C=O) groups is 4. The quantitative estimate of drug-likeness (QED) is 0.431. The van der Waals surface area contributed by atoms with Crippen molar-refractivity contribution >= 4 is 24.1 Å². The topological polar surface area (TPSA) is 68.3 Å². The highest BCUT2D eigenvalue weighted by Gasteiger charge is 2.38. The van der Waals surface area contributed by atoms with Gasteiger partial charge >= 0.3 is 0 Å². The van der Waals surface area contributed by atoms with Crippen LogP contribution in [0.15, 0.2) is 0 Å². The standard InChI is InChI=1S/C16H26O4/c1-15(2,16(3,4)12-18)11-14(20)9-8-13(19)7-5-6-10-17/h10,12H,5-9,11H2,1-4H3. The molecule has 0 aromatic heterocycles. The van der Waals surface area contributed by atoms with Crippen LogP contribution in [0.25, 0.3) is 0 Å². The maximum atomic E-state index is 11.9. The molecule has 4 heteroatoms. The molecule has 114 valence electrons. The van der Waals surface area contributed by atoms with Crippen molar-refractivity contribution in [3.63, 3.8) is 0 Å². The van der Waals surface area contributed by atoms with Gasteiger partial charge in [0.15, 0.2) is 0 Å². The minimum absolute atomic E-state index is 0.00802. The molecule has 20 heavy (non-hydrogen) atoms. The molecule has 0 radical (unpaired) electrons. The maximum absolute atomic E-state index is 11.9. The van der Waals surface area contributed by atoms with Crippen LogP contribution in [0.1, 0.15) is 66.2 Å². The van der Waals surface area contributed by atoms with Crippen molar-refractivity contribution in [1.82, 2.24) is 0 Å². The first kappa shape index (κ1) is 18.7. The zero-order valence-corrected chi connectivity index (χ0v) is 13.0. The Bertz CT molecular complexity index is 367. The first-order chi connectivity index (χ1) is 9.16. The fraction of sp³-hybridized carbons (Fsp3) is 0.750. The van der Waals surface area contributed by atoms with E-state index in [0.29, 0.717) is 25.7 Å². The van der Waals surface area contributed by atoms with Gasteiger partial charge in [-0.15, -0.1) is 0 Å². The predicted molar refractivity (Wildman–Crippen MR) is 77.4 cm³/mol. The average molecular weight is 282 g/mol. The lowest BCUT2D eigenvalue weighted by Gasteiger charge is -2.36. The molecule has 0 aromatic carbocycles. The largest absolute Gasteiger partial charge is 0.303 e. The van der Waals surface area contributed by atoms with Crippen LogP contribution in [0.2, 0.25) is 0 Å². The van der Waals surface area contributed by atoms with Crippen molar-refractivity contribution in [2.75, 3.05) is 0 Å². The summed E-state index contributed by atoms with van der Waals surface area (Å²) < 4.78 is 0. The van der Waals surface area contributed by atoms with Crippen molar-refractivity contribution in [2.45, 2.75) is 66.2 Å². The van der Waals surface area contributed by atoms with Crippen LogP contribution in [0, 0.1) is 10.8 Å². The molecule has 0 aliphatic heterocycles. The number of unbranched alkanes of at least 4 members (excludes halogenated alkanes) is 1. The van der Waals surface area contributed by atoms with Crippen molar-refractivity contribution in [3.05, 3.63) is 0 Å². The minimum atomic E-state index is -0.573. The number of ketones is 2. The molecule has 0 atom stereocenters. The van der Waals surface area contributed by atoms with Gasteiger partial charge in [-0.2, -0.15) is 0 Å². The van der Waals surface area contributed by atoms with Crippen LogP contribution in [0.5, 0.6) is 0 Å². The second-order valence-electron chi connectivity index (χ2n) is 6.54. The Morgan fingerprint density at radius 1 is 0.900 bits per heavy atom. The summed E-state index contributed by atoms with van der Waals surface area (Å²) in [4.78, 5) is 44.7. The van der Waals surface area contributed by atoms with Crippen LogP contribution in [-0.4, -0.2) is 24.1 Å². The van der Waals surface area contributed by atoms with Crippen molar-refractivity contribution in [2.24, 2.45) is 10.8 Å². The van der Waals surface area contributed by atoms with Crippen molar-refractivity contribution in [3.8, 4) is 0 Å². The Morgan fingerprint density at radius 2 is 1.45 bits per heavy atom. The number of hydrogen-bond donors (Lipinski definition) is 0. The molecule has 0 spiro atoms. The molecule has 4 nitrogen and oxygen atoms in total. The van der Waals surface area contributed by atoms with Gasteiger partial charge in [0.25, 0.3) is 0 Å². The van der Waals surface area contributed by atoms with Crippen LogP contribution in [0.3, 0.4) is 0 Å². The van der Waals surface area contributed by atoms with Gasteiger partial charge in [0.1, 0.15) is 24.1 Å². The number of rotatable bonds is 11. The van der Waals surface area contributed by atoms with Gasteiger partial charge in [-0.25, -0.2) is 0 Å². The second-order valence-corrected chi connectivity index (χ2v) is 6.54. The van der Waals surface area contributed by atoms with E-state index in [0.717, 1.165) is 12.6 Å². The van der Waals surface area contributed by atoms with Gasteiger partial charge in [-0.05, 0) is 11.8 Å². The summed E-state index contributed by atoms with van der Waals surface area (Å²) in [5, 5.41) is 0. The number of Topliss-reactive ketones (excluding diaryl/α,β-unsaturated/α-hetero) is 2. The third-order valence-electron chi connectivity index (χ3n) is 4.14. The second kappa shape index (κ2) is 8.08. The normalized spacial score (nSPS) is 12.0. The maximum Gasteiger partial charge on any atom is 0.133 e. The monoisotopic (exact) mass is 282 g/mol. The molecule has 0 saturated heterocycles. The summed E-state index contributed by atoms with van der Waals surface area (Å²) in [6.07, 6.45) is 3.72. The summed E-state index contributed by atoms with van der Waals surface area (Å²) in [6.45, 7) is 7.42. The molecule has 0 rings (SSSR count). The van der Waals surface area contributed by atoms with E-state index in [2.05, 4.69) is 0 Å². The lowest BCUT2D eigenvalue weighted by Crippen LogP contribution is -2.35. The number of hydrogen-bond acceptors (Lipinski definition) is 4. The molecule has 0 aliphatic carbocycles. The zero-order chi connectivity index (χ0) is 15.8. The summed E-state index contributed by atoms with van der Waals surface area (Å²) >= 11 is 0. The molecular formula is C16H26O4. The van der Waals surface area contributed by atoms with Gasteiger partial charge in [0, 0.05) is 37.5 Å². The Hall–Kier alpha value is -1.32. The van der Waals surface area contributed by atoms with Gasteiger partial charge in [-0.3, -0.25) is 9.59 Å². The predicted octanol–water partition coefficient (Wildman–Crippen LogP) is 2.92. The Balaban J connectivity index is 4.20. The summed E-state index contributed by atoms with van der Waals surface area (Å²) in [6, 6.07) is 0. The fourth-order valence-electron chi connectivity index (χ4n) is 1.76. The molecule has 0 N–H and O–H groups in total. The molecule has 0 bridgehead atoms. The molecule has 0 aliphatic rings. The minimum Gasteiger partial charge on any atom is -0.303 e. The van der Waals surface area contributed by atoms with Crippen LogP contribution in [-0.2, 0) is 19.2 Å². The molecule has 0 aromatic rings. The summed E-state index contributed by atoms with van der Waals surface area (Å²) in [7, 11) is 0. The lowest BCUT2D eigenvalue weighted by molar-refractivity contribution is -0.129. The van der Waals surface area contributed by atoms with Crippen LogP contribution < -0.4 is 0 Å². The van der Waals surface area contributed by atoms with Crippen molar-refractivity contribution < 1.29 is 19.2 Å². The van der Waals surface area contributed by atoms with E-state index in [1.54, 1.807) is 0 Å². The zero-order valence-electron chi connectivity index (χ0n) is 13.0. The van der Waals surface area contributed by atoms with Crippen molar-refractivity contribution in [1.29, 1.82) is 0 Å². The average Bonchev–Trinajstić information content (AvgIpc) is 2.36. The molecular weight excluding hydrogens is 256 g/mol. The van der Waals surface area contributed by atoms with E-state index in [-0.39, 0.29) is 24.4 Å². The SMILES string of the molecule is CC(C)(C=O)C(C)(C)CC(=O)CCC(=O)CCCC=O. The van der Waals surface area contributed by atoms with Gasteiger partial charge < -0.3 is 9.59 Å². The molecule has 0 unspecified atom stereocenters. The molecule has 0 amide bonds. The van der Waals surface area contributed by atoms with E-state index in [4.69, 9.17) is 0 Å². The van der Waals surface area contributed by atoms with Crippen LogP contribution >= 0.6 is 0 Å². The van der Waals surface area contributed by atoms with E-state index < -0.39 is 10.8 Å². The van der Waals surface area contributed by atoms with Gasteiger partial charge in [-0.1, -0.05) is 27.7 Å². The third-order valence-corrected chi connectivity index (χ3v) is 4.14. The number of aldehydes is 2. The Morgan fingerprint density at radius 3 is 1.95 bits per heavy atom. The molecule has 0 saturated carbocycles. The van der Waals surface area contributed by atoms with E-state index in [1.165, 1.54) is 0 Å².